The van der Waals surface area contributed by atoms with Gasteiger partial charge in [0.2, 0.25) is 0 Å². The molecule has 2 aromatic rings. The molecular formula is C19H18N2O4. The van der Waals surface area contributed by atoms with Gasteiger partial charge in [-0.05, 0) is 29.5 Å². The van der Waals surface area contributed by atoms with Crippen LogP contribution >= 0.6 is 0 Å². The van der Waals surface area contributed by atoms with Gasteiger partial charge in [0.05, 0.1) is 6.04 Å². The highest BCUT2D eigenvalue weighted by molar-refractivity contribution is 5.76. The summed E-state index contributed by atoms with van der Waals surface area (Å²) in [5.41, 5.74) is 5.60. The van der Waals surface area contributed by atoms with E-state index >= 15 is 0 Å². The first-order valence-electron chi connectivity index (χ1n) is 8.27. The Labute approximate surface area is 145 Å². The number of aryl methyl sites for hydroxylation is 1. The highest BCUT2D eigenvalue weighted by Crippen LogP contribution is 2.39. The van der Waals surface area contributed by atoms with Crippen molar-refractivity contribution in [2.75, 3.05) is 0 Å². The molecule has 1 N–H and O–H groups in total. The topological polar surface area (TPSA) is 67.9 Å². The molecule has 2 atom stereocenters. The lowest BCUT2D eigenvalue weighted by Gasteiger charge is -2.29. The van der Waals surface area contributed by atoms with E-state index in [0.29, 0.717) is 0 Å². The van der Waals surface area contributed by atoms with Gasteiger partial charge in [-0.25, -0.2) is 20.0 Å². The minimum Gasteiger partial charge on any atom is -0.443 e. The standard InChI is InChI=1S/C19H18N2O4/c22-18(24-12-13-6-2-1-3-7-13)20-21-16-11-10-14-8-4-5-9-15(14)17(16)25-19(21)23/h1-9,16-17H,10-12H2,(H,20,22)/t16-,17+/m0/s1. The molecular weight excluding hydrogens is 320 g/mol. The summed E-state index contributed by atoms with van der Waals surface area (Å²) < 4.78 is 10.7. The Morgan fingerprint density at radius 3 is 2.76 bits per heavy atom. The van der Waals surface area contributed by atoms with Gasteiger partial charge in [-0.2, -0.15) is 0 Å². The Bertz CT molecular complexity index is 793. The number of nitrogens with one attached hydrogen (secondary N) is 1. The monoisotopic (exact) mass is 338 g/mol. The predicted octanol–water partition coefficient (Wildman–Crippen LogP) is 3.34. The molecule has 25 heavy (non-hydrogen) atoms. The molecule has 6 nitrogen and oxygen atoms in total. The molecule has 0 bridgehead atoms. The van der Waals surface area contributed by atoms with E-state index in [4.69, 9.17) is 9.47 Å². The Hall–Kier alpha value is -3.02. The van der Waals surface area contributed by atoms with E-state index in [1.165, 1.54) is 10.6 Å². The summed E-state index contributed by atoms with van der Waals surface area (Å²) in [5.74, 6) is 0. The van der Waals surface area contributed by atoms with Crippen LogP contribution in [-0.4, -0.2) is 23.2 Å². The van der Waals surface area contributed by atoms with Gasteiger partial charge in [0, 0.05) is 0 Å². The highest BCUT2D eigenvalue weighted by Gasteiger charge is 2.46. The van der Waals surface area contributed by atoms with Crippen molar-refractivity contribution < 1.29 is 19.1 Å². The zero-order valence-corrected chi connectivity index (χ0v) is 13.6. The molecule has 128 valence electrons. The average molecular weight is 338 g/mol. The normalized spacial score (nSPS) is 21.1. The van der Waals surface area contributed by atoms with Crippen molar-refractivity contribution in [1.82, 2.24) is 10.4 Å². The lowest BCUT2D eigenvalue weighted by Crippen LogP contribution is -2.49. The summed E-state index contributed by atoms with van der Waals surface area (Å²) >= 11 is 0. The number of hydrogen-bond donors (Lipinski definition) is 1. The Morgan fingerprint density at radius 2 is 1.92 bits per heavy atom. The molecule has 2 aromatic carbocycles. The third-order valence-electron chi connectivity index (χ3n) is 4.60. The Balaban J connectivity index is 1.41. The van der Waals surface area contributed by atoms with Crippen LogP contribution in [0.5, 0.6) is 0 Å². The van der Waals surface area contributed by atoms with Gasteiger partial charge in [-0.3, -0.25) is 0 Å². The number of rotatable bonds is 3. The molecule has 4 rings (SSSR count). The van der Waals surface area contributed by atoms with Crippen LogP contribution in [0.2, 0.25) is 0 Å². The number of hydrazine groups is 1. The highest BCUT2D eigenvalue weighted by atomic mass is 16.6. The second kappa shape index (κ2) is 6.47. The van der Waals surface area contributed by atoms with E-state index in [9.17, 15) is 9.59 Å². The molecule has 0 saturated carbocycles. The second-order valence-corrected chi connectivity index (χ2v) is 6.15. The summed E-state index contributed by atoms with van der Waals surface area (Å²) in [6.45, 7) is 0.145. The van der Waals surface area contributed by atoms with Gasteiger partial charge in [-0.1, -0.05) is 54.6 Å². The predicted molar refractivity (Wildman–Crippen MR) is 89.4 cm³/mol. The van der Waals surface area contributed by atoms with Crippen molar-refractivity contribution in [3.05, 3.63) is 71.3 Å². The quantitative estimate of drug-likeness (QED) is 0.932. The number of carbonyl (C=O) groups is 2. The van der Waals surface area contributed by atoms with Crippen LogP contribution in [0, 0.1) is 0 Å². The summed E-state index contributed by atoms with van der Waals surface area (Å²) in [6, 6.07) is 17.1. The lowest BCUT2D eigenvalue weighted by atomic mass is 9.86. The third kappa shape index (κ3) is 3.03. The molecule has 0 unspecified atom stereocenters. The number of nitrogens with zero attached hydrogens (tertiary/aromatic N) is 1. The van der Waals surface area contributed by atoms with E-state index in [2.05, 4.69) is 5.43 Å². The summed E-state index contributed by atoms with van der Waals surface area (Å²) in [7, 11) is 0. The second-order valence-electron chi connectivity index (χ2n) is 6.15. The average Bonchev–Trinajstić information content (AvgIpc) is 2.97. The molecule has 6 heteroatoms. The number of ether oxygens (including phenoxy) is 2. The molecule has 0 spiro atoms. The summed E-state index contributed by atoms with van der Waals surface area (Å²) in [6.07, 6.45) is -0.00649. The van der Waals surface area contributed by atoms with Gasteiger partial charge in [-0.15, -0.1) is 0 Å². The smallest absolute Gasteiger partial charge is 0.429 e. The SMILES string of the molecule is O=C(NN1C(=O)O[C@@H]2c3ccccc3CC[C@@H]21)OCc1ccccc1. The number of amides is 2. The Kier molecular flexibility index (Phi) is 4.01. The Morgan fingerprint density at radius 1 is 1.16 bits per heavy atom. The van der Waals surface area contributed by atoms with Crippen molar-refractivity contribution in [2.45, 2.75) is 31.6 Å². The van der Waals surface area contributed by atoms with E-state index < -0.39 is 12.2 Å². The molecule has 0 radical (unpaired) electrons. The van der Waals surface area contributed by atoms with Crippen molar-refractivity contribution >= 4 is 12.2 Å². The number of fused-ring (bicyclic) bond motifs is 3. The molecule has 1 fully saturated rings. The van der Waals surface area contributed by atoms with Crippen LogP contribution in [0.25, 0.3) is 0 Å². The van der Waals surface area contributed by atoms with Crippen LogP contribution in [-0.2, 0) is 22.5 Å². The van der Waals surface area contributed by atoms with E-state index in [1.54, 1.807) is 0 Å². The number of hydrogen-bond acceptors (Lipinski definition) is 4. The summed E-state index contributed by atoms with van der Waals surface area (Å²) in [4.78, 5) is 24.2. The van der Waals surface area contributed by atoms with Crippen molar-refractivity contribution in [1.29, 1.82) is 0 Å². The first kappa shape index (κ1) is 15.5. The zero-order valence-electron chi connectivity index (χ0n) is 13.6. The molecule has 1 aliphatic carbocycles. The lowest BCUT2D eigenvalue weighted by molar-refractivity contribution is 0.0981. The first-order chi connectivity index (χ1) is 12.2. The maximum Gasteiger partial charge on any atom is 0.429 e. The van der Waals surface area contributed by atoms with Gasteiger partial charge in [0.25, 0.3) is 0 Å². The maximum absolute atomic E-state index is 12.2. The summed E-state index contributed by atoms with van der Waals surface area (Å²) in [5, 5.41) is 1.26. The molecule has 1 saturated heterocycles. The van der Waals surface area contributed by atoms with Crippen LogP contribution < -0.4 is 5.43 Å². The molecule has 1 aliphatic heterocycles. The molecule has 0 aromatic heterocycles. The van der Waals surface area contributed by atoms with Crippen LogP contribution in [0.1, 0.15) is 29.2 Å². The van der Waals surface area contributed by atoms with Gasteiger partial charge >= 0.3 is 12.2 Å². The molecule has 2 aliphatic rings. The van der Waals surface area contributed by atoms with Gasteiger partial charge in [0.1, 0.15) is 6.61 Å². The maximum atomic E-state index is 12.2. The van der Waals surface area contributed by atoms with Crippen molar-refractivity contribution in [2.24, 2.45) is 0 Å². The van der Waals surface area contributed by atoms with E-state index in [-0.39, 0.29) is 18.8 Å². The largest absolute Gasteiger partial charge is 0.443 e. The first-order valence-corrected chi connectivity index (χ1v) is 8.27. The van der Waals surface area contributed by atoms with Crippen molar-refractivity contribution in [3.63, 3.8) is 0 Å². The number of carbonyl (C=O) groups excluding carboxylic acids is 2. The van der Waals surface area contributed by atoms with Crippen LogP contribution in [0.15, 0.2) is 54.6 Å². The third-order valence-corrected chi connectivity index (χ3v) is 4.60. The minimum absolute atomic E-state index is 0.145. The van der Waals surface area contributed by atoms with Crippen LogP contribution in [0.4, 0.5) is 9.59 Å². The fourth-order valence-corrected chi connectivity index (χ4v) is 3.39. The van der Waals surface area contributed by atoms with Gasteiger partial charge < -0.3 is 9.47 Å². The fourth-order valence-electron chi connectivity index (χ4n) is 3.39. The minimum atomic E-state index is -0.666. The van der Waals surface area contributed by atoms with Crippen molar-refractivity contribution in [3.8, 4) is 0 Å². The fraction of sp³-hybridized carbons (Fsp3) is 0.263. The molecule has 2 amide bonds. The van der Waals surface area contributed by atoms with E-state index in [0.717, 1.165) is 24.0 Å². The zero-order chi connectivity index (χ0) is 17.2. The van der Waals surface area contributed by atoms with E-state index in [1.807, 2.05) is 54.6 Å². The number of benzene rings is 2. The molecule has 1 heterocycles. The van der Waals surface area contributed by atoms with Crippen LogP contribution in [0.3, 0.4) is 0 Å². The van der Waals surface area contributed by atoms with Gasteiger partial charge in [0.15, 0.2) is 6.10 Å².